The molecule has 3 heteroatoms. The molecule has 0 fully saturated rings. The van der Waals surface area contributed by atoms with Crippen LogP contribution in [0.3, 0.4) is 0 Å². The standard InChI is InChI=1S/C17H26O3/c1-3-5-7-14(4-2)13-20-17(19)11-10-15-8-6-9-16(18)12-15/h6,8-9,12,14,18H,3-5,7,10-11,13H2,1-2H3/t14-/m1/s1. The first-order valence-corrected chi connectivity index (χ1v) is 7.59. The van der Waals surface area contributed by atoms with Gasteiger partial charge >= 0.3 is 5.97 Å². The second kappa shape index (κ2) is 9.40. The number of unbranched alkanes of at least 4 members (excludes halogenated alkanes) is 1. The summed E-state index contributed by atoms with van der Waals surface area (Å²) in [7, 11) is 0. The predicted octanol–water partition coefficient (Wildman–Crippen LogP) is 4.08. The predicted molar refractivity (Wildman–Crippen MR) is 80.7 cm³/mol. The first kappa shape index (κ1) is 16.5. The van der Waals surface area contributed by atoms with E-state index in [1.54, 1.807) is 18.2 Å². The van der Waals surface area contributed by atoms with Crippen LogP contribution in [-0.2, 0) is 16.0 Å². The Balaban J connectivity index is 2.26. The van der Waals surface area contributed by atoms with Crippen LogP contribution < -0.4 is 0 Å². The molecule has 112 valence electrons. The van der Waals surface area contributed by atoms with E-state index in [-0.39, 0.29) is 11.7 Å². The average molecular weight is 278 g/mol. The minimum absolute atomic E-state index is 0.150. The number of hydrogen-bond donors (Lipinski definition) is 1. The number of aryl methyl sites for hydroxylation is 1. The van der Waals surface area contributed by atoms with Crippen molar-refractivity contribution in [2.45, 2.75) is 52.4 Å². The van der Waals surface area contributed by atoms with Crippen molar-refractivity contribution in [3.63, 3.8) is 0 Å². The summed E-state index contributed by atoms with van der Waals surface area (Å²) in [5.74, 6) is 0.574. The van der Waals surface area contributed by atoms with Gasteiger partial charge in [0, 0.05) is 6.42 Å². The first-order chi connectivity index (χ1) is 9.65. The van der Waals surface area contributed by atoms with Gasteiger partial charge in [0.15, 0.2) is 0 Å². The molecule has 1 aromatic rings. The van der Waals surface area contributed by atoms with E-state index in [2.05, 4.69) is 13.8 Å². The van der Waals surface area contributed by atoms with E-state index in [1.807, 2.05) is 6.07 Å². The number of esters is 1. The number of ether oxygens (including phenoxy) is 1. The lowest BCUT2D eigenvalue weighted by molar-refractivity contribution is -0.145. The second-order valence-electron chi connectivity index (χ2n) is 5.27. The van der Waals surface area contributed by atoms with Gasteiger partial charge in [0.05, 0.1) is 6.61 Å². The van der Waals surface area contributed by atoms with Crippen LogP contribution in [-0.4, -0.2) is 17.7 Å². The number of aromatic hydroxyl groups is 1. The lowest BCUT2D eigenvalue weighted by Crippen LogP contribution is -2.14. The Morgan fingerprint density at radius 2 is 2.15 bits per heavy atom. The zero-order valence-corrected chi connectivity index (χ0v) is 12.6. The number of rotatable bonds is 9. The Hall–Kier alpha value is -1.51. The molecule has 0 aromatic heterocycles. The topological polar surface area (TPSA) is 46.5 Å². The van der Waals surface area contributed by atoms with Gasteiger partial charge in [-0.25, -0.2) is 0 Å². The molecule has 3 nitrogen and oxygen atoms in total. The maximum atomic E-state index is 11.7. The molecule has 0 aliphatic rings. The van der Waals surface area contributed by atoms with Gasteiger partial charge in [0.25, 0.3) is 0 Å². The fraction of sp³-hybridized carbons (Fsp3) is 0.588. The molecule has 1 rings (SSSR count). The van der Waals surface area contributed by atoms with Crippen molar-refractivity contribution in [2.75, 3.05) is 6.61 Å². The van der Waals surface area contributed by atoms with Gasteiger partial charge in [-0.15, -0.1) is 0 Å². The molecule has 0 aliphatic heterocycles. The normalized spacial score (nSPS) is 12.1. The molecule has 0 amide bonds. The molecule has 0 heterocycles. The van der Waals surface area contributed by atoms with Gasteiger partial charge in [0.1, 0.15) is 5.75 Å². The largest absolute Gasteiger partial charge is 0.508 e. The van der Waals surface area contributed by atoms with Crippen molar-refractivity contribution < 1.29 is 14.6 Å². The zero-order chi connectivity index (χ0) is 14.8. The van der Waals surface area contributed by atoms with Crippen LogP contribution in [0.25, 0.3) is 0 Å². The highest BCUT2D eigenvalue weighted by molar-refractivity contribution is 5.69. The molecule has 0 spiro atoms. The zero-order valence-electron chi connectivity index (χ0n) is 12.6. The molecule has 0 saturated carbocycles. The molecule has 1 N–H and O–H groups in total. The van der Waals surface area contributed by atoms with Gasteiger partial charge in [-0.1, -0.05) is 45.2 Å². The number of phenolic OH excluding ortho intramolecular Hbond substituents is 1. The fourth-order valence-electron chi connectivity index (χ4n) is 2.14. The Kier molecular flexibility index (Phi) is 7.78. The van der Waals surface area contributed by atoms with Crippen LogP contribution in [0, 0.1) is 5.92 Å². The average Bonchev–Trinajstić information content (AvgIpc) is 2.45. The number of carbonyl (C=O) groups excluding carboxylic acids is 1. The SMILES string of the molecule is CCCC[C@@H](CC)COC(=O)CCc1cccc(O)c1. The van der Waals surface area contributed by atoms with Crippen molar-refractivity contribution in [3.05, 3.63) is 29.8 Å². The van der Waals surface area contributed by atoms with Crippen LogP contribution in [0.2, 0.25) is 0 Å². The molecule has 1 aromatic carbocycles. The van der Waals surface area contributed by atoms with Crippen LogP contribution in [0.5, 0.6) is 5.75 Å². The molecule has 0 radical (unpaired) electrons. The van der Waals surface area contributed by atoms with E-state index < -0.39 is 0 Å². The Labute approximate surface area is 122 Å². The first-order valence-electron chi connectivity index (χ1n) is 7.59. The minimum atomic E-state index is -0.150. The van der Waals surface area contributed by atoms with Crippen molar-refractivity contribution >= 4 is 5.97 Å². The molecule has 1 atom stereocenters. The van der Waals surface area contributed by atoms with Crippen LogP contribution >= 0.6 is 0 Å². The highest BCUT2D eigenvalue weighted by Crippen LogP contribution is 2.15. The lowest BCUT2D eigenvalue weighted by atomic mass is 10.0. The molecule has 0 bridgehead atoms. The lowest BCUT2D eigenvalue weighted by Gasteiger charge is -2.14. The monoisotopic (exact) mass is 278 g/mol. The van der Waals surface area contributed by atoms with E-state index in [1.165, 1.54) is 12.8 Å². The Bertz CT molecular complexity index is 401. The summed E-state index contributed by atoms with van der Waals surface area (Å²) in [5, 5.41) is 9.35. The van der Waals surface area contributed by atoms with Gasteiger partial charge in [0.2, 0.25) is 0 Å². The number of phenols is 1. The molecular formula is C17H26O3. The van der Waals surface area contributed by atoms with Crippen LogP contribution in [0.15, 0.2) is 24.3 Å². The molecule has 0 aliphatic carbocycles. The summed E-state index contributed by atoms with van der Waals surface area (Å²) in [6.07, 6.45) is 5.54. The third kappa shape index (κ3) is 6.60. The summed E-state index contributed by atoms with van der Waals surface area (Å²) in [5.41, 5.74) is 0.958. The summed E-state index contributed by atoms with van der Waals surface area (Å²) >= 11 is 0. The number of carbonyl (C=O) groups is 1. The minimum Gasteiger partial charge on any atom is -0.508 e. The van der Waals surface area contributed by atoms with Gasteiger partial charge < -0.3 is 9.84 Å². The van der Waals surface area contributed by atoms with Crippen molar-refractivity contribution in [3.8, 4) is 5.75 Å². The number of benzene rings is 1. The van der Waals surface area contributed by atoms with E-state index in [4.69, 9.17) is 4.74 Å². The fourth-order valence-corrected chi connectivity index (χ4v) is 2.14. The molecule has 0 unspecified atom stereocenters. The van der Waals surface area contributed by atoms with Gasteiger partial charge in [-0.05, 0) is 36.5 Å². The number of hydrogen-bond acceptors (Lipinski definition) is 3. The van der Waals surface area contributed by atoms with Crippen molar-refractivity contribution in [1.29, 1.82) is 0 Å². The van der Waals surface area contributed by atoms with Gasteiger partial charge in [-0.3, -0.25) is 4.79 Å². The van der Waals surface area contributed by atoms with Gasteiger partial charge in [-0.2, -0.15) is 0 Å². The molecule has 0 saturated heterocycles. The third-order valence-corrected chi connectivity index (χ3v) is 3.55. The second-order valence-corrected chi connectivity index (χ2v) is 5.27. The highest BCUT2D eigenvalue weighted by Gasteiger charge is 2.10. The summed E-state index contributed by atoms with van der Waals surface area (Å²) in [6.45, 7) is 4.85. The Morgan fingerprint density at radius 3 is 2.80 bits per heavy atom. The smallest absolute Gasteiger partial charge is 0.306 e. The van der Waals surface area contributed by atoms with E-state index in [0.717, 1.165) is 18.4 Å². The maximum absolute atomic E-state index is 11.7. The van der Waals surface area contributed by atoms with E-state index in [9.17, 15) is 9.90 Å². The van der Waals surface area contributed by atoms with E-state index in [0.29, 0.717) is 25.4 Å². The summed E-state index contributed by atoms with van der Waals surface area (Å²) < 4.78 is 5.34. The summed E-state index contributed by atoms with van der Waals surface area (Å²) in [6, 6.07) is 7.00. The van der Waals surface area contributed by atoms with Crippen molar-refractivity contribution in [1.82, 2.24) is 0 Å². The Morgan fingerprint density at radius 1 is 1.35 bits per heavy atom. The maximum Gasteiger partial charge on any atom is 0.306 e. The van der Waals surface area contributed by atoms with Crippen molar-refractivity contribution in [2.24, 2.45) is 5.92 Å². The third-order valence-electron chi connectivity index (χ3n) is 3.55. The van der Waals surface area contributed by atoms with Crippen LogP contribution in [0.4, 0.5) is 0 Å². The molecule has 20 heavy (non-hydrogen) atoms. The quantitative estimate of drug-likeness (QED) is 0.692. The summed E-state index contributed by atoms with van der Waals surface area (Å²) in [4.78, 5) is 11.7. The molecular weight excluding hydrogens is 252 g/mol. The highest BCUT2D eigenvalue weighted by atomic mass is 16.5. The van der Waals surface area contributed by atoms with Crippen LogP contribution in [0.1, 0.15) is 51.5 Å². The van der Waals surface area contributed by atoms with E-state index >= 15 is 0 Å².